The molecule has 0 saturated carbocycles. The van der Waals surface area contributed by atoms with Crippen LogP contribution in [0.4, 0.5) is 5.69 Å². The standard InChI is InChI=1S/C6H6N2O.H2S/c7-5-2-1-3-8-6(5)4-9;/h1-4H,7H2;1H2. The molecule has 1 rings (SSSR count). The summed E-state index contributed by atoms with van der Waals surface area (Å²) in [4.78, 5) is 13.8. The largest absolute Gasteiger partial charge is 0.397 e. The predicted molar refractivity (Wildman–Crippen MR) is 44.4 cm³/mol. The van der Waals surface area contributed by atoms with E-state index in [2.05, 4.69) is 4.98 Å². The third-order valence-corrected chi connectivity index (χ3v) is 0.983. The minimum atomic E-state index is 0. The molecular weight excluding hydrogens is 148 g/mol. The zero-order chi connectivity index (χ0) is 6.69. The molecule has 2 N–H and O–H groups in total. The van der Waals surface area contributed by atoms with E-state index < -0.39 is 0 Å². The van der Waals surface area contributed by atoms with Crippen molar-refractivity contribution in [1.82, 2.24) is 4.98 Å². The molecular formula is C6H8N2OS. The maximum atomic E-state index is 10.1. The van der Waals surface area contributed by atoms with Gasteiger partial charge in [0, 0.05) is 6.20 Å². The van der Waals surface area contributed by atoms with E-state index in [4.69, 9.17) is 5.73 Å². The first-order chi connectivity index (χ1) is 4.34. The summed E-state index contributed by atoms with van der Waals surface area (Å²) in [7, 11) is 0. The summed E-state index contributed by atoms with van der Waals surface area (Å²) in [6.45, 7) is 0. The fourth-order valence-electron chi connectivity index (χ4n) is 0.528. The number of rotatable bonds is 1. The lowest BCUT2D eigenvalue weighted by Gasteiger charge is -1.91. The van der Waals surface area contributed by atoms with E-state index in [-0.39, 0.29) is 13.5 Å². The van der Waals surface area contributed by atoms with E-state index in [1.54, 1.807) is 12.1 Å². The number of pyridine rings is 1. The van der Waals surface area contributed by atoms with Crippen LogP contribution < -0.4 is 5.73 Å². The zero-order valence-electron chi connectivity index (χ0n) is 5.24. The second kappa shape index (κ2) is 3.90. The van der Waals surface area contributed by atoms with Gasteiger partial charge in [0.2, 0.25) is 0 Å². The molecule has 1 aromatic heterocycles. The molecule has 0 amide bonds. The third-order valence-electron chi connectivity index (χ3n) is 0.983. The van der Waals surface area contributed by atoms with Crippen molar-refractivity contribution in [1.29, 1.82) is 0 Å². The first kappa shape index (κ1) is 8.97. The molecule has 1 heterocycles. The Bertz CT molecular complexity index is 227. The van der Waals surface area contributed by atoms with Crippen LogP contribution in [0.5, 0.6) is 0 Å². The van der Waals surface area contributed by atoms with Crippen molar-refractivity contribution >= 4 is 25.5 Å². The normalized spacial score (nSPS) is 8.00. The predicted octanol–water partition coefficient (Wildman–Crippen LogP) is 0.589. The van der Waals surface area contributed by atoms with Gasteiger partial charge in [-0.3, -0.25) is 9.78 Å². The molecule has 1 aromatic rings. The fraction of sp³-hybridized carbons (Fsp3) is 0. The van der Waals surface area contributed by atoms with Gasteiger partial charge in [-0.15, -0.1) is 0 Å². The summed E-state index contributed by atoms with van der Waals surface area (Å²) in [6, 6.07) is 3.32. The number of carbonyl (C=O) groups excluding carboxylic acids is 1. The Morgan fingerprint density at radius 2 is 2.30 bits per heavy atom. The van der Waals surface area contributed by atoms with Gasteiger partial charge in [-0.1, -0.05) is 0 Å². The van der Waals surface area contributed by atoms with Gasteiger partial charge in [-0.05, 0) is 12.1 Å². The van der Waals surface area contributed by atoms with Gasteiger partial charge < -0.3 is 5.73 Å². The molecule has 0 radical (unpaired) electrons. The van der Waals surface area contributed by atoms with Crippen molar-refractivity contribution in [3.8, 4) is 0 Å². The average molecular weight is 156 g/mol. The van der Waals surface area contributed by atoms with Crippen molar-refractivity contribution in [2.45, 2.75) is 0 Å². The van der Waals surface area contributed by atoms with E-state index >= 15 is 0 Å². The quantitative estimate of drug-likeness (QED) is 0.605. The van der Waals surface area contributed by atoms with E-state index in [9.17, 15) is 4.79 Å². The van der Waals surface area contributed by atoms with Crippen LogP contribution in [-0.2, 0) is 0 Å². The number of nitrogens with two attached hydrogens (primary N) is 1. The summed E-state index contributed by atoms with van der Waals surface area (Å²) in [6.07, 6.45) is 2.16. The SMILES string of the molecule is Nc1cccnc1C=O.S. The van der Waals surface area contributed by atoms with Gasteiger partial charge in [-0.2, -0.15) is 13.5 Å². The Balaban J connectivity index is 0.000000810. The summed E-state index contributed by atoms with van der Waals surface area (Å²) in [5, 5.41) is 0. The van der Waals surface area contributed by atoms with Gasteiger partial charge in [0.05, 0.1) is 5.69 Å². The number of aldehydes is 1. The lowest BCUT2D eigenvalue weighted by molar-refractivity contribution is 0.112. The van der Waals surface area contributed by atoms with Crippen LogP contribution in [0.1, 0.15) is 10.5 Å². The van der Waals surface area contributed by atoms with E-state index in [0.717, 1.165) is 0 Å². The third kappa shape index (κ3) is 1.73. The molecule has 0 spiro atoms. The lowest BCUT2D eigenvalue weighted by Crippen LogP contribution is -1.94. The molecule has 4 heteroatoms. The minimum absolute atomic E-state index is 0. The Morgan fingerprint density at radius 1 is 1.60 bits per heavy atom. The maximum Gasteiger partial charge on any atom is 0.170 e. The van der Waals surface area contributed by atoms with Gasteiger partial charge in [0.25, 0.3) is 0 Å². The summed E-state index contributed by atoms with van der Waals surface area (Å²) < 4.78 is 0. The van der Waals surface area contributed by atoms with Crippen LogP contribution in [0.3, 0.4) is 0 Å². The van der Waals surface area contributed by atoms with E-state index in [1.165, 1.54) is 6.20 Å². The van der Waals surface area contributed by atoms with Crippen LogP contribution in [-0.4, -0.2) is 11.3 Å². The topological polar surface area (TPSA) is 56.0 Å². The van der Waals surface area contributed by atoms with E-state index in [0.29, 0.717) is 17.7 Å². The first-order valence-corrected chi connectivity index (χ1v) is 2.50. The van der Waals surface area contributed by atoms with Crippen molar-refractivity contribution < 1.29 is 4.79 Å². The highest BCUT2D eigenvalue weighted by Crippen LogP contribution is 2.01. The summed E-state index contributed by atoms with van der Waals surface area (Å²) in [5.74, 6) is 0. The van der Waals surface area contributed by atoms with Crippen molar-refractivity contribution in [2.75, 3.05) is 5.73 Å². The first-order valence-electron chi connectivity index (χ1n) is 2.50. The number of anilines is 1. The smallest absolute Gasteiger partial charge is 0.170 e. The van der Waals surface area contributed by atoms with Crippen LogP contribution >= 0.6 is 13.5 Å². The second-order valence-electron chi connectivity index (χ2n) is 1.60. The molecule has 0 aliphatic heterocycles. The monoisotopic (exact) mass is 156 g/mol. The maximum absolute atomic E-state index is 10.1. The highest BCUT2D eigenvalue weighted by Gasteiger charge is 1.92. The number of hydrogen-bond acceptors (Lipinski definition) is 3. The van der Waals surface area contributed by atoms with Crippen molar-refractivity contribution in [3.05, 3.63) is 24.0 Å². The molecule has 0 aliphatic rings. The molecule has 3 nitrogen and oxygen atoms in total. The lowest BCUT2D eigenvalue weighted by atomic mass is 10.3. The highest BCUT2D eigenvalue weighted by molar-refractivity contribution is 7.59. The van der Waals surface area contributed by atoms with Crippen LogP contribution in [0, 0.1) is 0 Å². The molecule has 54 valence electrons. The number of nitrogen functional groups attached to an aromatic ring is 1. The molecule has 0 bridgehead atoms. The van der Waals surface area contributed by atoms with Gasteiger partial charge in [0.15, 0.2) is 6.29 Å². The van der Waals surface area contributed by atoms with Gasteiger partial charge in [-0.25, -0.2) is 0 Å². The minimum Gasteiger partial charge on any atom is -0.397 e. The van der Waals surface area contributed by atoms with Crippen LogP contribution in [0.2, 0.25) is 0 Å². The Morgan fingerprint density at radius 3 is 2.70 bits per heavy atom. The zero-order valence-corrected chi connectivity index (χ0v) is 6.24. The Kier molecular flexibility index (Phi) is 3.49. The van der Waals surface area contributed by atoms with Crippen LogP contribution in [0.25, 0.3) is 0 Å². The highest BCUT2D eigenvalue weighted by atomic mass is 32.1. The number of hydrogen-bond donors (Lipinski definition) is 1. The van der Waals surface area contributed by atoms with Gasteiger partial charge in [0.1, 0.15) is 5.69 Å². The number of carbonyl (C=O) groups is 1. The summed E-state index contributed by atoms with van der Waals surface area (Å²) >= 11 is 0. The average Bonchev–Trinajstić information content (AvgIpc) is 1.89. The Hall–Kier alpha value is -1.03. The fourth-order valence-corrected chi connectivity index (χ4v) is 0.528. The second-order valence-corrected chi connectivity index (χ2v) is 1.60. The van der Waals surface area contributed by atoms with E-state index in [1.807, 2.05) is 0 Å². The number of nitrogens with zero attached hydrogens (tertiary/aromatic N) is 1. The molecule has 0 aromatic carbocycles. The van der Waals surface area contributed by atoms with Crippen LogP contribution in [0.15, 0.2) is 18.3 Å². The molecule has 0 aliphatic carbocycles. The van der Waals surface area contributed by atoms with Gasteiger partial charge >= 0.3 is 0 Å². The molecule has 0 fully saturated rings. The van der Waals surface area contributed by atoms with Crippen molar-refractivity contribution in [2.24, 2.45) is 0 Å². The molecule has 0 atom stereocenters. The number of aromatic nitrogens is 1. The molecule has 0 unspecified atom stereocenters. The summed E-state index contributed by atoms with van der Waals surface area (Å²) in [5.41, 5.74) is 6.06. The molecule has 0 saturated heterocycles. The van der Waals surface area contributed by atoms with Crippen molar-refractivity contribution in [3.63, 3.8) is 0 Å². The Labute approximate surface area is 65.7 Å². The molecule has 10 heavy (non-hydrogen) atoms.